The van der Waals surface area contributed by atoms with Crippen molar-refractivity contribution in [3.05, 3.63) is 63.6 Å². The average Bonchev–Trinajstić information content (AvgIpc) is 3.36. The Kier molecular flexibility index (Phi) is 5.42. The second kappa shape index (κ2) is 8.22. The van der Waals surface area contributed by atoms with Crippen LogP contribution in [0, 0.1) is 5.82 Å². The van der Waals surface area contributed by atoms with Gasteiger partial charge in [0.05, 0.1) is 11.5 Å². The third-order valence-electron chi connectivity index (χ3n) is 5.74. The number of methoxy groups -OCH3 is 1. The summed E-state index contributed by atoms with van der Waals surface area (Å²) in [5.41, 5.74) is 2.09. The van der Waals surface area contributed by atoms with Gasteiger partial charge in [-0.1, -0.05) is 17.7 Å². The summed E-state index contributed by atoms with van der Waals surface area (Å²) < 4.78 is 26.4. The number of rotatable bonds is 4. The summed E-state index contributed by atoms with van der Waals surface area (Å²) in [4.78, 5) is 20.3. The van der Waals surface area contributed by atoms with E-state index in [2.05, 4.69) is 4.98 Å². The first-order chi connectivity index (χ1) is 15.0. The van der Waals surface area contributed by atoms with Gasteiger partial charge in [0.2, 0.25) is 0 Å². The van der Waals surface area contributed by atoms with Gasteiger partial charge in [0.15, 0.2) is 11.5 Å². The van der Waals surface area contributed by atoms with Crippen molar-refractivity contribution in [2.75, 3.05) is 20.2 Å². The molecule has 0 radical (unpaired) electrons. The van der Waals surface area contributed by atoms with E-state index in [1.165, 1.54) is 17.4 Å². The predicted octanol–water partition coefficient (Wildman–Crippen LogP) is 6.00. The second-order valence-corrected chi connectivity index (χ2v) is 9.17. The fourth-order valence-electron chi connectivity index (χ4n) is 4.19. The minimum atomic E-state index is -0.324. The van der Waals surface area contributed by atoms with E-state index in [-0.39, 0.29) is 24.2 Å². The number of aromatic nitrogens is 1. The monoisotopic (exact) mass is 458 g/mol. The molecule has 1 aliphatic rings. The molecule has 1 saturated heterocycles. The molecule has 4 aromatic rings. The van der Waals surface area contributed by atoms with E-state index in [4.69, 9.17) is 20.8 Å². The van der Waals surface area contributed by atoms with Crippen LogP contribution in [0.2, 0.25) is 5.02 Å². The van der Waals surface area contributed by atoms with Gasteiger partial charge in [-0.05, 0) is 43.2 Å². The summed E-state index contributed by atoms with van der Waals surface area (Å²) in [7, 11) is 1.55. The average molecular weight is 459 g/mol. The number of carbonyl (C=O) groups is 1. The van der Waals surface area contributed by atoms with Crippen LogP contribution in [0.15, 0.2) is 40.8 Å². The molecule has 3 heterocycles. The molecule has 31 heavy (non-hydrogen) atoms. The van der Waals surface area contributed by atoms with Gasteiger partial charge in [0, 0.05) is 46.8 Å². The highest BCUT2D eigenvalue weighted by Gasteiger charge is 2.30. The van der Waals surface area contributed by atoms with Crippen LogP contribution in [0.3, 0.4) is 0 Å². The first-order valence-electron chi connectivity index (χ1n) is 10.1. The zero-order valence-corrected chi connectivity index (χ0v) is 18.4. The van der Waals surface area contributed by atoms with E-state index in [0.717, 1.165) is 28.6 Å². The molecule has 0 atom stereocenters. The fraction of sp³-hybridized carbons (Fsp3) is 0.304. The molecule has 1 aliphatic heterocycles. The van der Waals surface area contributed by atoms with Gasteiger partial charge in [0.1, 0.15) is 11.3 Å². The number of likely N-dealkylation sites (tertiary alicyclic amines) is 1. The summed E-state index contributed by atoms with van der Waals surface area (Å²) in [5, 5.41) is 1.11. The minimum absolute atomic E-state index is 0.0737. The molecule has 0 unspecified atom stereocenters. The third kappa shape index (κ3) is 3.71. The van der Waals surface area contributed by atoms with Crippen LogP contribution in [0.1, 0.15) is 39.9 Å². The number of piperidine rings is 1. The Balaban J connectivity index is 1.36. The molecule has 0 N–H and O–H groups in total. The topological polar surface area (TPSA) is 55.6 Å². The SMILES string of the molecule is COCc1c(C(=O)N2CCC(c3nc4cc(Cl)ccc4o3)CC2)sc2cccc(F)c12. The highest BCUT2D eigenvalue weighted by Crippen LogP contribution is 2.36. The van der Waals surface area contributed by atoms with Crippen LogP contribution in [0.25, 0.3) is 21.2 Å². The molecule has 160 valence electrons. The Morgan fingerprint density at radius 3 is 2.90 bits per heavy atom. The number of fused-ring (bicyclic) bond motifs is 2. The largest absolute Gasteiger partial charge is 0.440 e. The zero-order chi connectivity index (χ0) is 21.5. The number of thiophene rings is 1. The maximum absolute atomic E-state index is 14.4. The van der Waals surface area contributed by atoms with Gasteiger partial charge in [-0.2, -0.15) is 0 Å². The number of carbonyl (C=O) groups excluding carboxylic acids is 1. The fourth-order valence-corrected chi connectivity index (χ4v) is 5.54. The van der Waals surface area contributed by atoms with Crippen molar-refractivity contribution < 1.29 is 18.3 Å². The van der Waals surface area contributed by atoms with Gasteiger partial charge in [0.25, 0.3) is 5.91 Å². The lowest BCUT2D eigenvalue weighted by atomic mass is 9.96. The number of halogens is 2. The standard InChI is InChI=1S/C23H20ClFN2O3S/c1-29-12-15-20-16(25)3-2-4-19(20)31-21(15)23(28)27-9-7-13(8-10-27)22-26-17-11-14(24)5-6-18(17)30-22/h2-6,11,13H,7-10,12H2,1H3. The first-order valence-corrected chi connectivity index (χ1v) is 11.3. The van der Waals surface area contributed by atoms with Crippen molar-refractivity contribution in [2.45, 2.75) is 25.4 Å². The molecule has 8 heteroatoms. The van der Waals surface area contributed by atoms with E-state index in [1.807, 2.05) is 17.0 Å². The van der Waals surface area contributed by atoms with Crippen LogP contribution in [0.4, 0.5) is 4.39 Å². The van der Waals surface area contributed by atoms with Crippen LogP contribution < -0.4 is 0 Å². The highest BCUT2D eigenvalue weighted by molar-refractivity contribution is 7.21. The highest BCUT2D eigenvalue weighted by atomic mass is 35.5. The van der Waals surface area contributed by atoms with Crippen LogP contribution in [0.5, 0.6) is 0 Å². The lowest BCUT2D eigenvalue weighted by molar-refractivity contribution is 0.0707. The number of hydrogen-bond acceptors (Lipinski definition) is 5. The van der Waals surface area contributed by atoms with Gasteiger partial charge < -0.3 is 14.1 Å². The van der Waals surface area contributed by atoms with Crippen LogP contribution in [-0.2, 0) is 11.3 Å². The molecule has 1 fully saturated rings. The van der Waals surface area contributed by atoms with Crippen molar-refractivity contribution in [2.24, 2.45) is 0 Å². The number of ether oxygens (including phenoxy) is 1. The van der Waals surface area contributed by atoms with Crippen molar-refractivity contribution >= 4 is 50.0 Å². The van der Waals surface area contributed by atoms with E-state index in [0.29, 0.717) is 39.8 Å². The van der Waals surface area contributed by atoms with E-state index < -0.39 is 0 Å². The molecule has 2 aromatic heterocycles. The molecule has 5 rings (SSSR count). The van der Waals surface area contributed by atoms with E-state index in [9.17, 15) is 9.18 Å². The molecule has 0 bridgehead atoms. The van der Waals surface area contributed by atoms with Crippen LogP contribution >= 0.6 is 22.9 Å². The molecule has 5 nitrogen and oxygen atoms in total. The third-order valence-corrected chi connectivity index (χ3v) is 7.16. The lowest BCUT2D eigenvalue weighted by Crippen LogP contribution is -2.38. The summed E-state index contributed by atoms with van der Waals surface area (Å²) >= 11 is 7.37. The van der Waals surface area contributed by atoms with Gasteiger partial charge in [-0.3, -0.25) is 4.79 Å². The number of benzene rings is 2. The molecule has 0 saturated carbocycles. The molecule has 0 aliphatic carbocycles. The number of hydrogen-bond donors (Lipinski definition) is 0. The van der Waals surface area contributed by atoms with E-state index >= 15 is 0 Å². The van der Waals surface area contributed by atoms with Crippen molar-refractivity contribution in [1.29, 1.82) is 0 Å². The normalized spacial score (nSPS) is 15.3. The molecular formula is C23H20ClFN2O3S. The number of amides is 1. The Bertz CT molecular complexity index is 1280. The maximum Gasteiger partial charge on any atom is 0.264 e. The molecule has 0 spiro atoms. The minimum Gasteiger partial charge on any atom is -0.440 e. The maximum atomic E-state index is 14.4. The quantitative estimate of drug-likeness (QED) is 0.376. The van der Waals surface area contributed by atoms with Gasteiger partial charge >= 0.3 is 0 Å². The van der Waals surface area contributed by atoms with Crippen molar-refractivity contribution in [1.82, 2.24) is 9.88 Å². The Morgan fingerprint density at radius 2 is 2.13 bits per heavy atom. The summed E-state index contributed by atoms with van der Waals surface area (Å²) in [5.74, 6) is 0.437. The molecular weight excluding hydrogens is 439 g/mol. The zero-order valence-electron chi connectivity index (χ0n) is 16.9. The summed E-state index contributed by atoms with van der Waals surface area (Å²) in [6.45, 7) is 1.38. The molecule has 1 amide bonds. The second-order valence-electron chi connectivity index (χ2n) is 7.69. The van der Waals surface area contributed by atoms with Gasteiger partial charge in [-0.15, -0.1) is 11.3 Å². The Morgan fingerprint density at radius 1 is 1.32 bits per heavy atom. The smallest absolute Gasteiger partial charge is 0.264 e. The summed E-state index contributed by atoms with van der Waals surface area (Å²) in [6, 6.07) is 10.3. The summed E-state index contributed by atoms with van der Waals surface area (Å²) in [6.07, 6.45) is 1.51. The lowest BCUT2D eigenvalue weighted by Gasteiger charge is -2.30. The van der Waals surface area contributed by atoms with E-state index in [1.54, 1.807) is 25.3 Å². The van der Waals surface area contributed by atoms with Crippen LogP contribution in [-0.4, -0.2) is 36.0 Å². The Labute approximate surface area is 187 Å². The molecule has 2 aromatic carbocycles. The van der Waals surface area contributed by atoms with Crippen molar-refractivity contribution in [3.63, 3.8) is 0 Å². The Hall–Kier alpha value is -2.48. The number of nitrogens with zero attached hydrogens (tertiary/aromatic N) is 2. The van der Waals surface area contributed by atoms with Crippen molar-refractivity contribution in [3.8, 4) is 0 Å². The van der Waals surface area contributed by atoms with Gasteiger partial charge in [-0.25, -0.2) is 9.37 Å². The first kappa shape index (κ1) is 20.4. The predicted molar refractivity (Wildman–Crippen MR) is 119 cm³/mol. The number of oxazole rings is 1.